The molecule has 3 heterocycles. The number of hydrogen-bond acceptors (Lipinski definition) is 3. The SMILES string of the molecule is O=P(O)(O)C(F)(F)c1ccc(-c2ccc(C3C[I-]3)s2)c2oc3ccccc3c12. The van der Waals surface area contributed by atoms with E-state index in [0.29, 0.717) is 20.5 Å². The van der Waals surface area contributed by atoms with Gasteiger partial charge in [-0.25, -0.2) is 0 Å². The molecule has 0 bridgehead atoms. The van der Waals surface area contributed by atoms with Crippen molar-refractivity contribution in [1.82, 2.24) is 0 Å². The molecule has 1 aliphatic heterocycles. The molecule has 2 N–H and O–H groups in total. The predicted molar refractivity (Wildman–Crippen MR) is 101 cm³/mol. The normalized spacial score (nSPS) is 17.8. The molecule has 5 rings (SSSR count). The van der Waals surface area contributed by atoms with Gasteiger partial charge in [-0.1, -0.05) is 0 Å². The summed E-state index contributed by atoms with van der Waals surface area (Å²) in [4.78, 5) is 20.7. The monoisotopic (exact) mass is 533 g/mol. The zero-order valence-electron chi connectivity index (χ0n) is 14.1. The zero-order chi connectivity index (χ0) is 19.7. The van der Waals surface area contributed by atoms with Crippen molar-refractivity contribution in [3.8, 4) is 10.4 Å². The predicted octanol–water partition coefficient (Wildman–Crippen LogP) is 2.69. The Labute approximate surface area is 172 Å². The summed E-state index contributed by atoms with van der Waals surface area (Å²) in [5.41, 5.74) is -3.74. The topological polar surface area (TPSA) is 70.7 Å². The summed E-state index contributed by atoms with van der Waals surface area (Å²) in [6.45, 7) is 0. The van der Waals surface area contributed by atoms with Gasteiger partial charge >= 0.3 is 173 Å². The van der Waals surface area contributed by atoms with Crippen molar-refractivity contribution in [3.63, 3.8) is 0 Å². The van der Waals surface area contributed by atoms with Crippen LogP contribution in [0.1, 0.15) is 14.4 Å². The standard InChI is InChI=1S/C19H13F2IO4PS/c20-19(21,27(23,24)25)12-6-5-11(15-7-8-16(28-15)13-9-22-13)18-17(12)10-3-1-2-4-14(10)26-18/h1-8,13H,9H2,(H2,23,24,25)/q-1. The van der Waals surface area contributed by atoms with E-state index in [1.54, 1.807) is 35.6 Å². The molecule has 1 saturated heterocycles. The van der Waals surface area contributed by atoms with Crippen molar-refractivity contribution < 1.29 is 48.8 Å². The summed E-state index contributed by atoms with van der Waals surface area (Å²) in [6.07, 6.45) is 0. The van der Waals surface area contributed by atoms with Gasteiger partial charge in [0.25, 0.3) is 0 Å². The number of fused-ring (bicyclic) bond motifs is 3. The van der Waals surface area contributed by atoms with Crippen LogP contribution in [0.2, 0.25) is 0 Å². The number of alkyl halides is 4. The molecule has 0 radical (unpaired) electrons. The molecule has 9 heteroatoms. The molecule has 1 fully saturated rings. The molecule has 4 aromatic rings. The minimum absolute atomic E-state index is 0.0511. The molecule has 1 unspecified atom stereocenters. The third kappa shape index (κ3) is 2.85. The van der Waals surface area contributed by atoms with Crippen LogP contribution in [0.25, 0.3) is 32.4 Å². The number of thiophene rings is 1. The van der Waals surface area contributed by atoms with Gasteiger partial charge in [0, 0.05) is 0 Å². The summed E-state index contributed by atoms with van der Waals surface area (Å²) in [5, 5.41) is 0.461. The third-order valence-corrected chi connectivity index (χ3v) is 9.79. The van der Waals surface area contributed by atoms with Gasteiger partial charge in [-0.3, -0.25) is 0 Å². The van der Waals surface area contributed by atoms with E-state index in [1.807, 2.05) is 6.07 Å². The Kier molecular flexibility index (Phi) is 4.23. The summed E-state index contributed by atoms with van der Waals surface area (Å²) in [6, 6.07) is 13.3. The maximum atomic E-state index is 14.7. The van der Waals surface area contributed by atoms with Crippen molar-refractivity contribution in [2.24, 2.45) is 0 Å². The Balaban J connectivity index is 1.82. The van der Waals surface area contributed by atoms with Crippen LogP contribution in [0.15, 0.2) is 52.9 Å². The summed E-state index contributed by atoms with van der Waals surface area (Å²) in [7, 11) is -5.71. The molecule has 0 saturated carbocycles. The van der Waals surface area contributed by atoms with E-state index in [-0.39, 0.29) is 32.2 Å². The first-order valence-electron chi connectivity index (χ1n) is 8.33. The van der Waals surface area contributed by atoms with Crippen LogP contribution < -0.4 is 21.2 Å². The van der Waals surface area contributed by atoms with Gasteiger partial charge in [-0.05, 0) is 0 Å². The number of rotatable bonds is 4. The number of furan rings is 1. The van der Waals surface area contributed by atoms with E-state index in [0.717, 1.165) is 10.9 Å². The third-order valence-electron chi connectivity index (χ3n) is 4.73. The van der Waals surface area contributed by atoms with Crippen LogP contribution in [-0.4, -0.2) is 14.2 Å². The Morgan fingerprint density at radius 1 is 1.14 bits per heavy atom. The average molecular weight is 533 g/mol. The molecule has 0 amide bonds. The minimum atomic E-state index is -5.71. The molecule has 2 aromatic carbocycles. The molecule has 1 atom stereocenters. The Bertz CT molecular complexity index is 1270. The Hall–Kier alpha value is -1.32. The molecule has 1 aliphatic rings. The molecule has 0 spiro atoms. The molecule has 146 valence electrons. The molecule has 2 aromatic heterocycles. The van der Waals surface area contributed by atoms with Crippen LogP contribution in [0, 0.1) is 0 Å². The van der Waals surface area contributed by atoms with Crippen LogP contribution in [0.4, 0.5) is 8.78 Å². The molecule has 28 heavy (non-hydrogen) atoms. The number of para-hydroxylation sites is 1. The number of benzene rings is 2. The maximum absolute atomic E-state index is 14.7. The quantitative estimate of drug-likeness (QED) is 0.241. The Morgan fingerprint density at radius 3 is 2.61 bits per heavy atom. The van der Waals surface area contributed by atoms with E-state index < -0.39 is 18.8 Å². The van der Waals surface area contributed by atoms with Gasteiger partial charge in [0.05, 0.1) is 0 Å². The zero-order valence-corrected chi connectivity index (χ0v) is 18.0. The van der Waals surface area contributed by atoms with Gasteiger partial charge in [0.2, 0.25) is 0 Å². The van der Waals surface area contributed by atoms with Crippen LogP contribution in [-0.2, 0) is 10.2 Å². The summed E-state index contributed by atoms with van der Waals surface area (Å²) >= 11 is 1.88. The van der Waals surface area contributed by atoms with Gasteiger partial charge in [-0.15, -0.1) is 0 Å². The van der Waals surface area contributed by atoms with Crippen LogP contribution in [0.5, 0.6) is 0 Å². The first kappa shape index (κ1) is 18.7. The van der Waals surface area contributed by atoms with Gasteiger partial charge in [0.15, 0.2) is 0 Å². The summed E-state index contributed by atoms with van der Waals surface area (Å²) < 4.78 is 48.7. The fourth-order valence-corrected chi connectivity index (χ4v) is 7.27. The first-order chi connectivity index (χ1) is 13.3. The van der Waals surface area contributed by atoms with Gasteiger partial charge in [0.1, 0.15) is 0 Å². The fraction of sp³-hybridized carbons (Fsp3) is 0.158. The average Bonchev–Trinajstić information content (AvgIpc) is 3.25. The van der Waals surface area contributed by atoms with E-state index >= 15 is 0 Å². The van der Waals surface area contributed by atoms with Crippen molar-refractivity contribution in [2.75, 3.05) is 4.43 Å². The molecular weight excluding hydrogens is 520 g/mol. The van der Waals surface area contributed by atoms with Crippen molar-refractivity contribution >= 4 is 40.9 Å². The Morgan fingerprint density at radius 2 is 1.89 bits per heavy atom. The van der Waals surface area contributed by atoms with Gasteiger partial charge in [-0.2, -0.15) is 0 Å². The van der Waals surface area contributed by atoms with E-state index in [2.05, 4.69) is 6.07 Å². The van der Waals surface area contributed by atoms with Crippen molar-refractivity contribution in [2.45, 2.75) is 9.59 Å². The van der Waals surface area contributed by atoms with E-state index in [1.165, 1.54) is 15.4 Å². The second kappa shape index (κ2) is 6.34. The van der Waals surface area contributed by atoms with E-state index in [4.69, 9.17) is 4.42 Å². The number of hydrogen-bond donors (Lipinski definition) is 2. The first-order valence-corrected chi connectivity index (χ1v) is 13.5. The second-order valence-electron chi connectivity index (χ2n) is 6.53. The molecule has 0 aliphatic carbocycles. The van der Waals surface area contributed by atoms with Crippen molar-refractivity contribution in [1.29, 1.82) is 0 Å². The van der Waals surface area contributed by atoms with Gasteiger partial charge < -0.3 is 0 Å². The van der Waals surface area contributed by atoms with Crippen LogP contribution >= 0.6 is 18.9 Å². The summed E-state index contributed by atoms with van der Waals surface area (Å²) in [5.74, 6) is 0. The second-order valence-corrected chi connectivity index (χ2v) is 12.6. The molecular formula is C19H13F2IO4PS-. The molecule has 4 nitrogen and oxygen atoms in total. The number of halogens is 3. The van der Waals surface area contributed by atoms with Crippen LogP contribution in [0.3, 0.4) is 0 Å². The van der Waals surface area contributed by atoms with Crippen molar-refractivity contribution in [3.05, 3.63) is 59.0 Å². The fourth-order valence-electron chi connectivity index (χ4n) is 3.29. The van der Waals surface area contributed by atoms with E-state index in [9.17, 15) is 23.1 Å².